The zero-order valence-corrected chi connectivity index (χ0v) is 48.8. The van der Waals surface area contributed by atoms with Crippen LogP contribution < -0.4 is 0 Å². The maximum atomic E-state index is 15.6. The molecule has 5 saturated heterocycles. The van der Waals surface area contributed by atoms with E-state index in [1.54, 1.807) is 0 Å². The molecular weight excluding hydrogens is 1130 g/mol. The summed E-state index contributed by atoms with van der Waals surface area (Å²) in [7, 11) is 0. The summed E-state index contributed by atoms with van der Waals surface area (Å²) in [6.07, 6.45) is -37.6. The highest BCUT2D eigenvalue weighted by Gasteiger charge is 2.74. The quantitative estimate of drug-likeness (QED) is 0.0500. The third kappa shape index (κ3) is 10.7. The monoisotopic (exact) mass is 1220 g/mol. The number of aliphatic hydroxyl groups is 15. The molecule has 4 saturated carbocycles. The zero-order valence-electron chi connectivity index (χ0n) is 48.8. The van der Waals surface area contributed by atoms with E-state index in [1.807, 2.05) is 6.92 Å². The van der Waals surface area contributed by atoms with E-state index in [-0.39, 0.29) is 30.6 Å². The van der Waals surface area contributed by atoms with E-state index in [4.69, 9.17) is 47.4 Å². The molecule has 16 N–H and O–H groups in total. The lowest BCUT2D eigenvalue weighted by Gasteiger charge is -2.71. The van der Waals surface area contributed by atoms with Crippen molar-refractivity contribution in [2.75, 3.05) is 26.4 Å². The molecule has 0 bridgehead atoms. The van der Waals surface area contributed by atoms with Crippen LogP contribution in [0.4, 0.5) is 0 Å². The first-order valence-electron chi connectivity index (χ1n) is 29.8. The van der Waals surface area contributed by atoms with Crippen LogP contribution in [0.15, 0.2) is 11.6 Å². The van der Waals surface area contributed by atoms with Crippen LogP contribution in [0, 0.1) is 50.2 Å². The lowest BCUT2D eigenvalue weighted by Crippen LogP contribution is -2.71. The van der Waals surface area contributed by atoms with Crippen LogP contribution in [0.5, 0.6) is 0 Å². The molecule has 0 aromatic rings. The number of aliphatic carboxylic acids is 1. The number of hydrogen-bond donors (Lipinski definition) is 16. The van der Waals surface area contributed by atoms with Crippen molar-refractivity contribution in [2.24, 2.45) is 50.2 Å². The molecule has 0 amide bonds. The predicted molar refractivity (Wildman–Crippen MR) is 281 cm³/mol. The van der Waals surface area contributed by atoms with Crippen molar-refractivity contribution in [3.05, 3.63) is 11.6 Å². The summed E-state index contributed by atoms with van der Waals surface area (Å²) in [5.41, 5.74) is -5.38. The van der Waals surface area contributed by atoms with Crippen LogP contribution in [0.25, 0.3) is 0 Å². The molecule has 28 heteroatoms. The molecule has 0 unspecified atom stereocenters. The van der Waals surface area contributed by atoms with Gasteiger partial charge in [0.25, 0.3) is 0 Å². The highest BCUT2D eigenvalue weighted by Crippen LogP contribution is 2.76. The van der Waals surface area contributed by atoms with Gasteiger partial charge in [0.1, 0.15) is 103 Å². The fraction of sp³-hybridized carbons (Fsp3) is 0.930. The Kier molecular flexibility index (Phi) is 18.4. The van der Waals surface area contributed by atoms with Gasteiger partial charge in [0.15, 0.2) is 31.3 Å². The molecule has 10 rings (SSSR count). The van der Waals surface area contributed by atoms with Crippen molar-refractivity contribution in [1.82, 2.24) is 0 Å². The predicted octanol–water partition coefficient (Wildman–Crippen LogP) is -4.26. The summed E-state index contributed by atoms with van der Waals surface area (Å²) < 4.78 is 59.4. The van der Waals surface area contributed by atoms with Crippen molar-refractivity contribution >= 4 is 11.9 Å². The minimum absolute atomic E-state index is 0.0372. The molecule has 5 aliphatic carbocycles. The van der Waals surface area contributed by atoms with E-state index in [2.05, 4.69) is 33.8 Å². The smallest absolute Gasteiger partial charge is 0.317 e. The second kappa shape index (κ2) is 23.8. The number of allylic oxidation sites excluding steroid dienone is 2. The number of fused-ring (bicyclic) bond motifs is 7. The lowest BCUT2D eigenvalue weighted by atomic mass is 9.33. The number of ether oxygens (including phenoxy) is 10. The molecule has 5 heterocycles. The summed E-state index contributed by atoms with van der Waals surface area (Å²) >= 11 is 0. The Hall–Kier alpha value is -2.28. The van der Waals surface area contributed by atoms with Crippen LogP contribution in [0.3, 0.4) is 0 Å². The van der Waals surface area contributed by atoms with E-state index in [9.17, 15) is 86.5 Å². The zero-order chi connectivity index (χ0) is 62.2. The van der Waals surface area contributed by atoms with E-state index in [1.165, 1.54) is 13.8 Å². The van der Waals surface area contributed by atoms with Crippen LogP contribution in [-0.2, 0) is 57.0 Å². The van der Waals surface area contributed by atoms with E-state index >= 15 is 4.79 Å². The van der Waals surface area contributed by atoms with Crippen LogP contribution in [-0.4, -0.2) is 274 Å². The number of rotatable bonds is 12. The van der Waals surface area contributed by atoms with Gasteiger partial charge in [-0.1, -0.05) is 46.3 Å². The minimum atomic E-state index is -2.02. The van der Waals surface area contributed by atoms with Crippen molar-refractivity contribution in [1.29, 1.82) is 0 Å². The van der Waals surface area contributed by atoms with Gasteiger partial charge in [-0.05, 0) is 105 Å². The highest BCUT2D eigenvalue weighted by molar-refractivity contribution is 5.80. The van der Waals surface area contributed by atoms with Gasteiger partial charge in [0, 0.05) is 0 Å². The molecule has 9 fully saturated rings. The minimum Gasteiger partial charge on any atom is -0.481 e. The molecule has 28 nitrogen and oxygen atoms in total. The molecule has 0 radical (unpaired) electrons. The van der Waals surface area contributed by atoms with Crippen molar-refractivity contribution in [2.45, 2.75) is 253 Å². The molecule has 10 aliphatic rings. The van der Waals surface area contributed by atoms with Gasteiger partial charge in [-0.3, -0.25) is 9.59 Å². The molecule has 85 heavy (non-hydrogen) atoms. The third-order valence-corrected chi connectivity index (χ3v) is 22.4. The first-order chi connectivity index (χ1) is 39.7. The van der Waals surface area contributed by atoms with Gasteiger partial charge in [-0.15, -0.1) is 0 Å². The maximum absolute atomic E-state index is 15.6. The first-order valence-corrected chi connectivity index (χ1v) is 29.8. The Bertz CT molecular complexity index is 2440. The first kappa shape index (κ1) is 65.7. The van der Waals surface area contributed by atoms with Gasteiger partial charge in [-0.2, -0.15) is 0 Å². The number of carbonyl (C=O) groups is 2. The second-order valence-electron chi connectivity index (χ2n) is 27.8. The molecule has 0 aromatic heterocycles. The molecular formula is C57H90O28. The number of esters is 1. The Balaban J connectivity index is 0.920. The van der Waals surface area contributed by atoms with Crippen molar-refractivity contribution in [3.8, 4) is 0 Å². The standard InChI is InChI=1S/C57H90O28/c1-21-41(81-45-37(69)32(64)25(60)18-76-45)42(82-46-38(70)33(65)26(61)19-77-46)40(72)48(79-21)83-43-34(66)27(62)20-78-49(43)85-51(75)57-13-12-52(2,3)14-23(57)22-8-9-29-53(4)15-24(59)44(84-47-39(71)36(68)35(67)28(17-58)80-47)56(7,50(73)74)30(53)10-11-54(29,5)55(22,6)16-31(57)63/h8,21,23-49,58-72H,9-20H2,1-7H3,(H,73,74)/t21-,23-,24-,25+,26-,27-,28+,29+,30+,31+,32-,33-,34-,35+,36-,37+,38+,39+,40+,41-,42-,43+,44-,45-,46-,47-,48-,49-,53+,54+,55+,56-,57+/m0/s1. The van der Waals surface area contributed by atoms with Crippen molar-refractivity contribution in [3.63, 3.8) is 0 Å². The van der Waals surface area contributed by atoms with Crippen LogP contribution >= 0.6 is 0 Å². The summed E-state index contributed by atoms with van der Waals surface area (Å²) in [4.78, 5) is 29.3. The fourth-order valence-corrected chi connectivity index (χ4v) is 17.3. The number of carbonyl (C=O) groups excluding carboxylic acids is 1. The van der Waals surface area contributed by atoms with Gasteiger partial charge in [-0.25, -0.2) is 0 Å². The Morgan fingerprint density at radius 1 is 0.565 bits per heavy atom. The van der Waals surface area contributed by atoms with E-state index < -0.39 is 231 Å². The topological polar surface area (TPSA) is 450 Å². The number of carboxylic acids is 1. The summed E-state index contributed by atoms with van der Waals surface area (Å²) in [5.74, 6) is -3.82. The van der Waals surface area contributed by atoms with E-state index in [0.717, 1.165) is 5.57 Å². The van der Waals surface area contributed by atoms with Gasteiger partial charge < -0.3 is 129 Å². The average molecular weight is 1220 g/mol. The Morgan fingerprint density at radius 2 is 1.12 bits per heavy atom. The summed E-state index contributed by atoms with van der Waals surface area (Å²) in [6, 6.07) is 0. The largest absolute Gasteiger partial charge is 0.481 e. The van der Waals surface area contributed by atoms with Crippen LogP contribution in [0.1, 0.15) is 99.8 Å². The summed E-state index contributed by atoms with van der Waals surface area (Å²) in [5, 5.41) is 176. The van der Waals surface area contributed by atoms with Gasteiger partial charge >= 0.3 is 11.9 Å². The van der Waals surface area contributed by atoms with Crippen LogP contribution in [0.2, 0.25) is 0 Å². The highest BCUT2D eigenvalue weighted by atomic mass is 16.8. The lowest BCUT2D eigenvalue weighted by molar-refractivity contribution is -0.388. The molecule has 0 aromatic carbocycles. The number of carboxylic acid groups (broad SMARTS) is 1. The molecule has 0 spiro atoms. The van der Waals surface area contributed by atoms with Crippen molar-refractivity contribution < 1.29 is 139 Å². The van der Waals surface area contributed by atoms with Gasteiger partial charge in [0.05, 0.1) is 50.2 Å². The molecule has 33 atom stereocenters. The summed E-state index contributed by atoms with van der Waals surface area (Å²) in [6.45, 7) is 10.9. The normalized spacial score (nSPS) is 55.2. The third-order valence-electron chi connectivity index (χ3n) is 22.4. The Morgan fingerprint density at radius 3 is 1.72 bits per heavy atom. The molecule has 486 valence electrons. The van der Waals surface area contributed by atoms with Gasteiger partial charge in [0.2, 0.25) is 6.29 Å². The molecule has 5 aliphatic heterocycles. The SMILES string of the molecule is C[C@@H]1O[C@@H](O[C@H]2[C@H](OC(=O)[C@]34CCC(C)(C)C[C@H]3C3=CC[C@@H]5[C@@]6(C)C[C@H](O)[C@H](O[C@@H]7O[C@H](CO)[C@@H](O)[C@H](O)[C@H]7O)[C@@](C)(C(=O)O)[C@@H]6CC[C@@]5(C)[C@]3(C)C[C@H]4O)OC[C@H](O)[C@@H]2O)[C@H](O)[C@H](O[C@@H]2OC[C@H](O)[C@H](O)[C@H]2O)[C@H]1O[C@@H]1OC[C@@H](O)[C@H](O)[C@H]1O. The number of aliphatic hydroxyl groups excluding tert-OH is 15. The Labute approximate surface area is 491 Å². The number of hydrogen-bond acceptors (Lipinski definition) is 27. The second-order valence-corrected chi connectivity index (χ2v) is 27.8. The fourth-order valence-electron chi connectivity index (χ4n) is 17.3. The van der Waals surface area contributed by atoms with E-state index in [0.29, 0.717) is 32.1 Å². The average Bonchev–Trinajstić information content (AvgIpc) is 0.729. The maximum Gasteiger partial charge on any atom is 0.317 e.